The van der Waals surface area contributed by atoms with Crippen molar-refractivity contribution in [3.63, 3.8) is 0 Å². The van der Waals surface area contributed by atoms with Crippen LogP contribution in [0.4, 0.5) is 4.79 Å². The lowest BCUT2D eigenvalue weighted by Gasteiger charge is -2.45. The Morgan fingerprint density at radius 1 is 0.975 bits per heavy atom. The highest BCUT2D eigenvalue weighted by molar-refractivity contribution is 9.10. The van der Waals surface area contributed by atoms with Crippen molar-refractivity contribution in [3.8, 4) is 17.2 Å². The summed E-state index contributed by atoms with van der Waals surface area (Å²) in [6, 6.07) is 8.78. The number of carbonyl (C=O) groups excluding carboxylic acids is 1. The number of hydrogen-bond acceptors (Lipinski definition) is 6. The van der Waals surface area contributed by atoms with Crippen molar-refractivity contribution in [3.05, 3.63) is 51.5 Å². The van der Waals surface area contributed by atoms with Gasteiger partial charge < -0.3 is 29.4 Å². The van der Waals surface area contributed by atoms with Gasteiger partial charge >= 0.3 is 6.09 Å². The Bertz CT molecular complexity index is 1120. The van der Waals surface area contributed by atoms with Gasteiger partial charge in [-0.05, 0) is 84.8 Å². The number of carbonyl (C=O) groups is 1. The number of nitrogens with one attached hydrogen (secondary N) is 1. The van der Waals surface area contributed by atoms with Crippen LogP contribution in [-0.4, -0.2) is 43.9 Å². The summed E-state index contributed by atoms with van der Waals surface area (Å²) < 4.78 is 18.8. The number of alkyl carbamates (subject to hydrolysis) is 1. The Balaban J connectivity index is 2.53. The fourth-order valence-electron chi connectivity index (χ4n) is 5.70. The molecule has 7 nitrogen and oxygen atoms in total. The highest BCUT2D eigenvalue weighted by Crippen LogP contribution is 2.47. The minimum Gasteiger partial charge on any atom is -0.508 e. The second-order valence-electron chi connectivity index (χ2n) is 12.3. The van der Waals surface area contributed by atoms with Gasteiger partial charge in [-0.3, -0.25) is 0 Å². The molecule has 1 atom stereocenters. The van der Waals surface area contributed by atoms with Crippen molar-refractivity contribution in [2.75, 3.05) is 13.7 Å². The number of halogens is 1. The van der Waals surface area contributed by atoms with E-state index in [2.05, 4.69) is 62.8 Å². The maximum atomic E-state index is 12.2. The van der Waals surface area contributed by atoms with Crippen molar-refractivity contribution >= 4 is 30.3 Å². The van der Waals surface area contributed by atoms with Crippen LogP contribution >= 0.6 is 15.9 Å². The molecule has 0 aromatic heterocycles. The first-order chi connectivity index (χ1) is 18.5. The Labute approximate surface area is 249 Å². The highest BCUT2D eigenvalue weighted by Gasteiger charge is 2.47. The summed E-state index contributed by atoms with van der Waals surface area (Å²) in [5.41, 5.74) is 3.19. The average molecular weight is 639 g/mol. The summed E-state index contributed by atoms with van der Waals surface area (Å²) >= 11 is 3.70. The molecule has 0 heterocycles. The number of rotatable bonds is 12. The lowest BCUT2D eigenvalue weighted by molar-refractivity contribution is 0.0528. The Kier molecular flexibility index (Phi) is 12.0. The molecule has 224 valence electrons. The third-order valence-electron chi connectivity index (χ3n) is 7.36. The lowest BCUT2D eigenvalue weighted by Crippen LogP contribution is -2.48. The average Bonchev–Trinajstić information content (AvgIpc) is 2.82. The molecule has 1 amide bonds. The van der Waals surface area contributed by atoms with E-state index in [-0.39, 0.29) is 11.5 Å². The van der Waals surface area contributed by atoms with Crippen molar-refractivity contribution in [2.24, 2.45) is 0 Å². The summed E-state index contributed by atoms with van der Waals surface area (Å²) in [4.78, 5) is 12.2. The highest BCUT2D eigenvalue weighted by atomic mass is 79.9. The fourth-order valence-corrected chi connectivity index (χ4v) is 11.8. The van der Waals surface area contributed by atoms with Gasteiger partial charge in [0.2, 0.25) is 8.32 Å². The molecule has 9 heteroatoms. The first-order valence-electron chi connectivity index (χ1n) is 14.0. The van der Waals surface area contributed by atoms with Crippen LogP contribution in [0.3, 0.4) is 0 Å². The van der Waals surface area contributed by atoms with Gasteiger partial charge in [-0.25, -0.2) is 4.79 Å². The molecule has 40 heavy (non-hydrogen) atoms. The molecular weight excluding hydrogens is 590 g/mol. The number of ether oxygens (including phenoxy) is 2. The van der Waals surface area contributed by atoms with Gasteiger partial charge in [-0.15, -0.1) is 0 Å². The summed E-state index contributed by atoms with van der Waals surface area (Å²) in [6.45, 7) is 19.3. The second-order valence-corrected chi connectivity index (χ2v) is 18.6. The van der Waals surface area contributed by atoms with Gasteiger partial charge in [0.15, 0.2) is 11.5 Å². The quantitative estimate of drug-likeness (QED) is 0.202. The fraction of sp³-hybridized carbons (Fsp3) is 0.581. The molecule has 0 spiro atoms. The van der Waals surface area contributed by atoms with E-state index in [0.29, 0.717) is 41.8 Å². The molecule has 2 aromatic carbocycles. The summed E-state index contributed by atoms with van der Waals surface area (Å²) in [5.74, 6) is 0.577. The molecule has 0 aliphatic heterocycles. The summed E-state index contributed by atoms with van der Waals surface area (Å²) in [5, 5.41) is 24.0. The van der Waals surface area contributed by atoms with Gasteiger partial charge in [0.1, 0.15) is 11.4 Å². The zero-order valence-corrected chi connectivity index (χ0v) is 28.3. The smallest absolute Gasteiger partial charge is 0.407 e. The summed E-state index contributed by atoms with van der Waals surface area (Å²) in [7, 11) is -0.832. The Hall–Kier alpha value is -2.23. The standard InChI is InChI=1S/C31H48BrNO6Si/c1-19(2)40(20(3)4,21(5)6)39-28(25-17-27(35)29(37-10)18-26(25)32)16-23-15-24(34)12-11-22(23)13-14-33-30(36)38-31(7,8)9/h11-12,15,17-21,28,34-35H,13-14,16H2,1-10H3,(H,33,36). The first kappa shape index (κ1) is 34.0. The normalized spacial score (nSPS) is 13.2. The largest absolute Gasteiger partial charge is 0.508 e. The number of amides is 1. The van der Waals surface area contributed by atoms with Crippen LogP contribution in [0.5, 0.6) is 17.2 Å². The summed E-state index contributed by atoms with van der Waals surface area (Å²) in [6.07, 6.45) is 0.164. The number of hydrogen-bond donors (Lipinski definition) is 3. The third kappa shape index (κ3) is 8.63. The minimum absolute atomic E-state index is 0.0397. The second kappa shape index (κ2) is 14.1. The van der Waals surface area contributed by atoms with Crippen LogP contribution in [0.15, 0.2) is 34.8 Å². The number of phenols is 2. The number of benzene rings is 2. The number of aromatic hydroxyl groups is 2. The maximum Gasteiger partial charge on any atom is 0.407 e. The van der Waals surface area contributed by atoms with E-state index in [4.69, 9.17) is 13.9 Å². The SMILES string of the molecule is COc1cc(Br)c(C(Cc2cc(O)ccc2CCNC(=O)OC(C)(C)C)O[Si](C(C)C)(C(C)C)C(C)C)cc1O. The number of methoxy groups -OCH3 is 1. The zero-order chi connectivity index (χ0) is 30.4. The van der Waals surface area contributed by atoms with Crippen LogP contribution in [-0.2, 0) is 22.0 Å². The van der Waals surface area contributed by atoms with Gasteiger partial charge in [0, 0.05) is 17.4 Å². The molecule has 0 saturated heterocycles. The molecule has 3 N–H and O–H groups in total. The minimum atomic E-state index is -2.35. The molecule has 0 aliphatic rings. The number of phenolic OH excluding ortho intramolecular Hbond substituents is 2. The first-order valence-corrected chi connectivity index (χ1v) is 17.0. The zero-order valence-electron chi connectivity index (χ0n) is 25.7. The molecule has 2 rings (SSSR count). The third-order valence-corrected chi connectivity index (χ3v) is 14.2. The van der Waals surface area contributed by atoms with E-state index in [1.54, 1.807) is 24.3 Å². The van der Waals surface area contributed by atoms with Crippen molar-refractivity contribution < 1.29 is 28.9 Å². The van der Waals surface area contributed by atoms with Crippen LogP contribution in [0.2, 0.25) is 16.6 Å². The predicted molar refractivity (Wildman–Crippen MR) is 167 cm³/mol. The van der Waals surface area contributed by atoms with Crippen LogP contribution in [0, 0.1) is 0 Å². The van der Waals surface area contributed by atoms with Crippen LogP contribution in [0.1, 0.15) is 85.1 Å². The molecule has 0 saturated carbocycles. The molecule has 1 unspecified atom stereocenters. The Morgan fingerprint density at radius 3 is 2.10 bits per heavy atom. The van der Waals surface area contributed by atoms with E-state index < -0.39 is 26.1 Å². The van der Waals surface area contributed by atoms with Crippen molar-refractivity contribution in [1.82, 2.24) is 5.32 Å². The molecular formula is C31H48BrNO6Si. The van der Waals surface area contributed by atoms with Gasteiger partial charge in [-0.2, -0.15) is 0 Å². The molecule has 2 aromatic rings. The van der Waals surface area contributed by atoms with E-state index >= 15 is 0 Å². The van der Waals surface area contributed by atoms with Crippen molar-refractivity contribution in [2.45, 2.75) is 103 Å². The van der Waals surface area contributed by atoms with Crippen LogP contribution in [0.25, 0.3) is 0 Å². The molecule has 0 radical (unpaired) electrons. The van der Waals surface area contributed by atoms with Gasteiger partial charge in [0.25, 0.3) is 0 Å². The lowest BCUT2D eigenvalue weighted by atomic mass is 9.95. The monoisotopic (exact) mass is 637 g/mol. The van der Waals surface area contributed by atoms with Crippen LogP contribution < -0.4 is 10.1 Å². The van der Waals surface area contributed by atoms with E-state index in [1.165, 1.54) is 7.11 Å². The molecule has 0 bridgehead atoms. The van der Waals surface area contributed by atoms with E-state index in [9.17, 15) is 15.0 Å². The molecule has 0 fully saturated rings. The van der Waals surface area contributed by atoms with E-state index in [0.717, 1.165) is 21.2 Å². The maximum absolute atomic E-state index is 12.2. The predicted octanol–water partition coefficient (Wildman–Crippen LogP) is 8.41. The van der Waals surface area contributed by atoms with Crippen molar-refractivity contribution in [1.29, 1.82) is 0 Å². The van der Waals surface area contributed by atoms with Gasteiger partial charge in [0.05, 0.1) is 13.2 Å². The topological polar surface area (TPSA) is 97.3 Å². The van der Waals surface area contributed by atoms with Gasteiger partial charge in [-0.1, -0.05) is 63.5 Å². The van der Waals surface area contributed by atoms with E-state index in [1.807, 2.05) is 26.8 Å². The molecule has 0 aliphatic carbocycles. The Morgan fingerprint density at radius 2 is 1.57 bits per heavy atom.